The number of hydrogen-bond acceptors (Lipinski definition) is 8. The fraction of sp³-hybridized carbons (Fsp3) is 0.269. The van der Waals surface area contributed by atoms with Crippen molar-refractivity contribution in [2.45, 2.75) is 38.7 Å². The first-order chi connectivity index (χ1) is 17.4. The Morgan fingerprint density at radius 3 is 2.28 bits per heavy atom. The Morgan fingerprint density at radius 2 is 1.61 bits per heavy atom. The number of rotatable bonds is 6. The number of hydrogen-bond donors (Lipinski definition) is 0. The molecular formula is C26H23FN4O5. The largest absolute Gasteiger partial charge is 0.459 e. The van der Waals surface area contributed by atoms with Crippen LogP contribution in [0.3, 0.4) is 0 Å². The smallest absolute Gasteiger partial charge is 0.338 e. The van der Waals surface area contributed by atoms with Crippen molar-refractivity contribution < 1.29 is 28.2 Å². The highest BCUT2D eigenvalue weighted by molar-refractivity contribution is 5.90. The number of carbonyl (C=O) groups excluding carboxylic acids is 2. The second-order valence-electron chi connectivity index (χ2n) is 8.63. The van der Waals surface area contributed by atoms with Crippen LogP contribution in [0, 0.1) is 19.8 Å². The molecule has 0 saturated carbocycles. The molecule has 1 unspecified atom stereocenters. The summed E-state index contributed by atoms with van der Waals surface area (Å²) in [4.78, 5) is 37.1. The van der Waals surface area contributed by atoms with Gasteiger partial charge in [0.2, 0.25) is 5.95 Å². The van der Waals surface area contributed by atoms with Crippen molar-refractivity contribution in [1.82, 2.24) is 19.5 Å². The number of nitrogens with zero attached hydrogens (tertiary/aromatic N) is 4. The number of fused-ring (bicyclic) bond motifs is 1. The Labute approximate surface area is 205 Å². The average Bonchev–Trinajstić information content (AvgIpc) is 3.48. The Kier molecular flexibility index (Phi) is 6.43. The molecule has 3 atom stereocenters. The van der Waals surface area contributed by atoms with Gasteiger partial charge in [0, 0.05) is 6.42 Å². The van der Waals surface area contributed by atoms with Crippen LogP contribution in [-0.4, -0.2) is 50.3 Å². The summed E-state index contributed by atoms with van der Waals surface area (Å²) in [6.07, 6.45) is 0.541. The normalized spacial score (nSPS) is 19.4. The minimum Gasteiger partial charge on any atom is -0.459 e. The van der Waals surface area contributed by atoms with Crippen molar-refractivity contribution in [1.29, 1.82) is 0 Å². The lowest BCUT2D eigenvalue weighted by molar-refractivity contribution is -0.0563. The molecule has 0 bridgehead atoms. The third-order valence-electron chi connectivity index (χ3n) is 6.02. The molecule has 0 radical (unpaired) electrons. The molecule has 184 valence electrons. The molecule has 36 heavy (non-hydrogen) atoms. The SMILES string of the molecule is Cc1ccc(C(=O)OC[C@H]2O[C@@H](n3cnc4c(F)ncnc43)CC2OC(=O)c2ccc(C)cc2)cc1. The highest BCUT2D eigenvalue weighted by atomic mass is 19.1. The van der Waals surface area contributed by atoms with Crippen LogP contribution in [0.15, 0.2) is 61.2 Å². The molecule has 5 rings (SSSR count). The van der Waals surface area contributed by atoms with Gasteiger partial charge < -0.3 is 14.2 Å². The predicted molar refractivity (Wildman–Crippen MR) is 126 cm³/mol. The van der Waals surface area contributed by atoms with E-state index in [4.69, 9.17) is 14.2 Å². The zero-order chi connectivity index (χ0) is 25.2. The van der Waals surface area contributed by atoms with Crippen LogP contribution in [0.1, 0.15) is 44.5 Å². The van der Waals surface area contributed by atoms with E-state index in [0.717, 1.165) is 17.5 Å². The standard InChI is InChI=1S/C26H23FN4O5/c1-15-3-7-17(8-4-15)25(32)34-12-20-19(36-26(33)18-9-5-16(2)6-10-18)11-21(35-20)31-14-30-22-23(27)28-13-29-24(22)31/h3-10,13-14,19-21H,11-12H2,1-2H3/t19?,20-,21-/m1/s1. The van der Waals surface area contributed by atoms with E-state index < -0.39 is 36.3 Å². The van der Waals surface area contributed by atoms with Gasteiger partial charge in [0.05, 0.1) is 17.5 Å². The van der Waals surface area contributed by atoms with Crippen molar-refractivity contribution in [2.24, 2.45) is 0 Å². The molecule has 1 aliphatic heterocycles. The summed E-state index contributed by atoms with van der Waals surface area (Å²) >= 11 is 0. The van der Waals surface area contributed by atoms with Crippen molar-refractivity contribution in [3.63, 3.8) is 0 Å². The van der Waals surface area contributed by atoms with Gasteiger partial charge in [0.15, 0.2) is 11.2 Å². The summed E-state index contributed by atoms with van der Waals surface area (Å²) in [5.74, 6) is -1.79. The Morgan fingerprint density at radius 1 is 0.972 bits per heavy atom. The van der Waals surface area contributed by atoms with Crippen molar-refractivity contribution >= 4 is 23.1 Å². The number of aromatic nitrogens is 4. The van der Waals surface area contributed by atoms with Crippen LogP contribution >= 0.6 is 0 Å². The van der Waals surface area contributed by atoms with E-state index >= 15 is 0 Å². The molecule has 0 N–H and O–H groups in total. The van der Waals surface area contributed by atoms with E-state index in [-0.39, 0.29) is 24.2 Å². The molecule has 3 heterocycles. The fourth-order valence-corrected chi connectivity index (χ4v) is 4.01. The van der Waals surface area contributed by atoms with Crippen LogP contribution in [0.25, 0.3) is 11.2 Å². The van der Waals surface area contributed by atoms with E-state index in [2.05, 4.69) is 15.0 Å². The summed E-state index contributed by atoms with van der Waals surface area (Å²) in [5, 5.41) is 0. The number of carbonyl (C=O) groups is 2. The van der Waals surface area contributed by atoms with Crippen LogP contribution < -0.4 is 0 Å². The molecule has 9 nitrogen and oxygen atoms in total. The van der Waals surface area contributed by atoms with Crippen LogP contribution in [0.4, 0.5) is 4.39 Å². The van der Waals surface area contributed by atoms with Crippen LogP contribution in [-0.2, 0) is 14.2 Å². The first-order valence-electron chi connectivity index (χ1n) is 11.4. The molecule has 1 saturated heterocycles. The highest BCUT2D eigenvalue weighted by Crippen LogP contribution is 2.33. The minimum absolute atomic E-state index is 0.00329. The van der Waals surface area contributed by atoms with Crippen LogP contribution in [0.5, 0.6) is 0 Å². The second kappa shape index (κ2) is 9.82. The quantitative estimate of drug-likeness (QED) is 0.296. The molecule has 10 heteroatoms. The van der Waals surface area contributed by atoms with Gasteiger partial charge in [-0.25, -0.2) is 24.5 Å². The summed E-state index contributed by atoms with van der Waals surface area (Å²) in [6.45, 7) is 3.70. The Bertz CT molecular complexity index is 1400. The lowest BCUT2D eigenvalue weighted by Crippen LogP contribution is -2.32. The number of ether oxygens (including phenoxy) is 3. The second-order valence-corrected chi connectivity index (χ2v) is 8.63. The number of esters is 2. The van der Waals surface area contributed by atoms with E-state index in [1.165, 1.54) is 6.33 Å². The number of halogens is 1. The molecule has 0 aliphatic carbocycles. The maximum atomic E-state index is 14.0. The van der Waals surface area contributed by atoms with E-state index in [1.54, 1.807) is 28.8 Å². The molecule has 4 aromatic rings. The molecular weight excluding hydrogens is 467 g/mol. The van der Waals surface area contributed by atoms with Gasteiger partial charge in [-0.2, -0.15) is 4.39 Å². The molecule has 2 aromatic carbocycles. The van der Waals surface area contributed by atoms with Gasteiger partial charge in [0.25, 0.3) is 0 Å². The lowest BCUT2D eigenvalue weighted by Gasteiger charge is -2.19. The maximum Gasteiger partial charge on any atom is 0.338 e. The van der Waals surface area contributed by atoms with Gasteiger partial charge >= 0.3 is 11.9 Å². The van der Waals surface area contributed by atoms with Gasteiger partial charge in [0.1, 0.15) is 31.4 Å². The number of imidazole rings is 1. The van der Waals surface area contributed by atoms with Gasteiger partial charge in [-0.15, -0.1) is 0 Å². The van der Waals surface area contributed by atoms with Crippen molar-refractivity contribution in [3.05, 3.63) is 89.4 Å². The number of benzene rings is 2. The molecule has 0 amide bonds. The monoisotopic (exact) mass is 490 g/mol. The summed E-state index contributed by atoms with van der Waals surface area (Å²) in [5.41, 5.74) is 3.07. The third-order valence-corrected chi connectivity index (χ3v) is 6.02. The summed E-state index contributed by atoms with van der Waals surface area (Å²) in [6, 6.07) is 14.0. The summed E-state index contributed by atoms with van der Waals surface area (Å²) < 4.78 is 33.0. The Hall–Kier alpha value is -4.18. The van der Waals surface area contributed by atoms with E-state index in [9.17, 15) is 14.0 Å². The zero-order valence-corrected chi connectivity index (χ0v) is 19.6. The van der Waals surface area contributed by atoms with Gasteiger partial charge in [-0.05, 0) is 38.1 Å². The molecule has 1 aliphatic rings. The van der Waals surface area contributed by atoms with Crippen molar-refractivity contribution in [2.75, 3.05) is 6.61 Å². The third kappa shape index (κ3) is 4.80. The fourth-order valence-electron chi connectivity index (χ4n) is 4.01. The summed E-state index contributed by atoms with van der Waals surface area (Å²) in [7, 11) is 0. The molecule has 2 aromatic heterocycles. The lowest BCUT2D eigenvalue weighted by atomic mass is 10.1. The van der Waals surface area contributed by atoms with Gasteiger partial charge in [-0.1, -0.05) is 35.4 Å². The van der Waals surface area contributed by atoms with E-state index in [1.807, 2.05) is 38.1 Å². The minimum atomic E-state index is -0.761. The van der Waals surface area contributed by atoms with E-state index in [0.29, 0.717) is 11.1 Å². The highest BCUT2D eigenvalue weighted by Gasteiger charge is 2.40. The number of aryl methyl sites for hydroxylation is 2. The first-order valence-corrected chi connectivity index (χ1v) is 11.4. The topological polar surface area (TPSA) is 105 Å². The molecule has 1 fully saturated rings. The van der Waals surface area contributed by atoms with Gasteiger partial charge in [-0.3, -0.25) is 4.57 Å². The first kappa shape index (κ1) is 23.6. The zero-order valence-electron chi connectivity index (χ0n) is 19.6. The Balaban J connectivity index is 1.36. The van der Waals surface area contributed by atoms with Crippen LogP contribution in [0.2, 0.25) is 0 Å². The average molecular weight is 490 g/mol. The predicted octanol–water partition coefficient (Wildman–Crippen LogP) is 3.95. The van der Waals surface area contributed by atoms with Crippen molar-refractivity contribution in [3.8, 4) is 0 Å². The maximum absolute atomic E-state index is 14.0. The molecule has 0 spiro atoms.